The zero-order valence-corrected chi connectivity index (χ0v) is 16.5. The predicted molar refractivity (Wildman–Crippen MR) is 107 cm³/mol. The molecular formula is C21H35N3O2. The maximum Gasteiger partial charge on any atom is 0.0678 e. The van der Waals surface area contributed by atoms with Gasteiger partial charge in [0.05, 0.1) is 25.4 Å². The predicted octanol–water partition coefficient (Wildman–Crippen LogP) is 2.50. The molecule has 1 aromatic rings. The largest absolute Gasteiger partial charge is 0.378 e. The van der Waals surface area contributed by atoms with E-state index >= 15 is 0 Å². The maximum atomic E-state index is 5.81. The lowest BCUT2D eigenvalue weighted by molar-refractivity contribution is -0.0681. The van der Waals surface area contributed by atoms with Gasteiger partial charge < -0.3 is 19.7 Å². The van der Waals surface area contributed by atoms with Crippen LogP contribution >= 0.6 is 0 Å². The monoisotopic (exact) mass is 361 g/mol. The van der Waals surface area contributed by atoms with E-state index in [9.17, 15) is 0 Å². The van der Waals surface area contributed by atoms with Crippen molar-refractivity contribution in [3.8, 4) is 0 Å². The summed E-state index contributed by atoms with van der Waals surface area (Å²) in [5.74, 6) is 0. The molecule has 5 heteroatoms. The van der Waals surface area contributed by atoms with Gasteiger partial charge in [-0.25, -0.2) is 0 Å². The van der Waals surface area contributed by atoms with E-state index in [1.807, 2.05) is 0 Å². The number of para-hydroxylation sites is 1. The Morgan fingerprint density at radius 3 is 2.54 bits per heavy atom. The molecule has 2 aliphatic heterocycles. The zero-order chi connectivity index (χ0) is 18.2. The van der Waals surface area contributed by atoms with Crippen LogP contribution < -0.4 is 10.2 Å². The number of benzene rings is 1. The Labute approximate surface area is 158 Å². The van der Waals surface area contributed by atoms with Gasteiger partial charge in [-0.1, -0.05) is 18.2 Å². The molecule has 1 aromatic carbocycles. The van der Waals surface area contributed by atoms with Crippen molar-refractivity contribution in [2.45, 2.75) is 45.4 Å². The van der Waals surface area contributed by atoms with E-state index in [1.165, 1.54) is 30.6 Å². The van der Waals surface area contributed by atoms with Crippen molar-refractivity contribution in [3.63, 3.8) is 0 Å². The standard InChI is InChI=1S/C21H35N3O2/c1-18-16-23(17-19(2)26-18)10-6-5-9-22-15-20-7-3-4-8-21(20)24-11-13-25-14-12-24/h3-4,7-8,18-19,22H,5-6,9-17H2,1-2H3. The second-order valence-corrected chi connectivity index (χ2v) is 7.63. The molecule has 2 fully saturated rings. The molecule has 3 rings (SSSR count). The minimum absolute atomic E-state index is 0.369. The van der Waals surface area contributed by atoms with E-state index in [2.05, 4.69) is 53.2 Å². The van der Waals surface area contributed by atoms with Crippen molar-refractivity contribution < 1.29 is 9.47 Å². The van der Waals surface area contributed by atoms with Gasteiger partial charge in [-0.15, -0.1) is 0 Å². The highest BCUT2D eigenvalue weighted by atomic mass is 16.5. The normalized spacial score (nSPS) is 24.8. The fourth-order valence-electron chi connectivity index (χ4n) is 4.05. The molecule has 0 radical (unpaired) electrons. The van der Waals surface area contributed by atoms with Gasteiger partial charge in [0, 0.05) is 38.4 Å². The average molecular weight is 362 g/mol. The lowest BCUT2D eigenvalue weighted by Gasteiger charge is -2.35. The highest BCUT2D eigenvalue weighted by molar-refractivity contribution is 5.53. The van der Waals surface area contributed by atoms with Crippen LogP contribution in [-0.4, -0.2) is 69.6 Å². The summed E-state index contributed by atoms with van der Waals surface area (Å²) in [7, 11) is 0. The van der Waals surface area contributed by atoms with E-state index in [4.69, 9.17) is 9.47 Å². The Kier molecular flexibility index (Phi) is 7.74. The number of hydrogen-bond donors (Lipinski definition) is 1. The Balaban J connectivity index is 1.35. The van der Waals surface area contributed by atoms with E-state index in [0.717, 1.165) is 52.5 Å². The SMILES string of the molecule is CC1CN(CCCCNCc2ccccc2N2CCOCC2)CC(C)O1. The highest BCUT2D eigenvalue weighted by Gasteiger charge is 2.21. The van der Waals surface area contributed by atoms with E-state index in [1.54, 1.807) is 0 Å². The van der Waals surface area contributed by atoms with Crippen molar-refractivity contribution in [1.82, 2.24) is 10.2 Å². The van der Waals surface area contributed by atoms with Crippen LogP contribution in [0.2, 0.25) is 0 Å². The summed E-state index contributed by atoms with van der Waals surface area (Å²) in [6.07, 6.45) is 3.21. The van der Waals surface area contributed by atoms with Crippen LogP contribution in [0.25, 0.3) is 0 Å². The van der Waals surface area contributed by atoms with Crippen molar-refractivity contribution in [3.05, 3.63) is 29.8 Å². The van der Waals surface area contributed by atoms with Crippen molar-refractivity contribution in [1.29, 1.82) is 0 Å². The second-order valence-electron chi connectivity index (χ2n) is 7.63. The summed E-state index contributed by atoms with van der Waals surface area (Å²) in [6, 6.07) is 8.76. The third-order valence-corrected chi connectivity index (χ3v) is 5.23. The molecule has 2 aliphatic rings. The molecule has 2 unspecified atom stereocenters. The molecule has 0 aromatic heterocycles. The van der Waals surface area contributed by atoms with Gasteiger partial charge in [0.2, 0.25) is 0 Å². The number of morpholine rings is 2. The van der Waals surface area contributed by atoms with Gasteiger partial charge >= 0.3 is 0 Å². The summed E-state index contributed by atoms with van der Waals surface area (Å²) < 4.78 is 11.3. The third-order valence-electron chi connectivity index (χ3n) is 5.23. The average Bonchev–Trinajstić information content (AvgIpc) is 2.65. The van der Waals surface area contributed by atoms with Gasteiger partial charge in [0.1, 0.15) is 0 Å². The van der Waals surface area contributed by atoms with Gasteiger partial charge in [-0.05, 0) is 51.4 Å². The third kappa shape index (κ3) is 5.95. The molecule has 0 spiro atoms. The Hall–Kier alpha value is -1.14. The van der Waals surface area contributed by atoms with Gasteiger partial charge in [0.25, 0.3) is 0 Å². The van der Waals surface area contributed by atoms with Crippen LogP contribution in [0.4, 0.5) is 5.69 Å². The van der Waals surface area contributed by atoms with Crippen LogP contribution in [0.3, 0.4) is 0 Å². The molecule has 0 amide bonds. The lowest BCUT2D eigenvalue weighted by atomic mass is 10.1. The molecular weight excluding hydrogens is 326 g/mol. The van der Waals surface area contributed by atoms with E-state index in [0.29, 0.717) is 12.2 Å². The fourth-order valence-corrected chi connectivity index (χ4v) is 4.05. The Morgan fingerprint density at radius 2 is 1.77 bits per heavy atom. The van der Waals surface area contributed by atoms with Crippen molar-refractivity contribution >= 4 is 5.69 Å². The summed E-state index contributed by atoms with van der Waals surface area (Å²) in [5.41, 5.74) is 2.75. The minimum atomic E-state index is 0.369. The fraction of sp³-hybridized carbons (Fsp3) is 0.714. The number of rotatable bonds is 8. The van der Waals surface area contributed by atoms with Crippen LogP contribution in [0.1, 0.15) is 32.3 Å². The Morgan fingerprint density at radius 1 is 1.04 bits per heavy atom. The van der Waals surface area contributed by atoms with Crippen LogP contribution in [0.5, 0.6) is 0 Å². The molecule has 146 valence electrons. The molecule has 2 atom stereocenters. The number of nitrogens with zero attached hydrogens (tertiary/aromatic N) is 2. The molecule has 2 saturated heterocycles. The summed E-state index contributed by atoms with van der Waals surface area (Å²) in [4.78, 5) is 4.99. The lowest BCUT2D eigenvalue weighted by Crippen LogP contribution is -2.45. The second kappa shape index (κ2) is 10.3. The molecule has 1 N–H and O–H groups in total. The van der Waals surface area contributed by atoms with Gasteiger partial charge in [-0.2, -0.15) is 0 Å². The first-order chi connectivity index (χ1) is 12.7. The van der Waals surface area contributed by atoms with E-state index in [-0.39, 0.29) is 0 Å². The van der Waals surface area contributed by atoms with E-state index < -0.39 is 0 Å². The molecule has 5 nitrogen and oxygen atoms in total. The zero-order valence-electron chi connectivity index (χ0n) is 16.5. The van der Waals surface area contributed by atoms with Crippen LogP contribution in [-0.2, 0) is 16.0 Å². The van der Waals surface area contributed by atoms with Gasteiger partial charge in [-0.3, -0.25) is 4.90 Å². The topological polar surface area (TPSA) is 37.0 Å². The van der Waals surface area contributed by atoms with Crippen LogP contribution in [0, 0.1) is 0 Å². The summed E-state index contributed by atoms with van der Waals surface area (Å²) in [6.45, 7) is 13.4. The first-order valence-electron chi connectivity index (χ1n) is 10.2. The molecule has 0 aliphatic carbocycles. The van der Waals surface area contributed by atoms with Crippen molar-refractivity contribution in [2.24, 2.45) is 0 Å². The summed E-state index contributed by atoms with van der Waals surface area (Å²) in [5, 5.41) is 3.64. The summed E-state index contributed by atoms with van der Waals surface area (Å²) >= 11 is 0. The maximum absolute atomic E-state index is 5.81. The number of unbranched alkanes of at least 4 members (excludes halogenated alkanes) is 1. The number of nitrogens with one attached hydrogen (secondary N) is 1. The van der Waals surface area contributed by atoms with Gasteiger partial charge in [0.15, 0.2) is 0 Å². The first-order valence-corrected chi connectivity index (χ1v) is 10.2. The number of anilines is 1. The first kappa shape index (κ1) is 19.6. The van der Waals surface area contributed by atoms with Crippen LogP contribution in [0.15, 0.2) is 24.3 Å². The quantitative estimate of drug-likeness (QED) is 0.720. The van der Waals surface area contributed by atoms with Crippen molar-refractivity contribution in [2.75, 3.05) is 57.4 Å². The Bertz CT molecular complexity index is 524. The minimum Gasteiger partial charge on any atom is -0.378 e. The molecule has 0 saturated carbocycles. The smallest absolute Gasteiger partial charge is 0.0678 e. The molecule has 26 heavy (non-hydrogen) atoms. The molecule has 0 bridgehead atoms. The highest BCUT2D eigenvalue weighted by Crippen LogP contribution is 2.21. The number of ether oxygens (including phenoxy) is 2. The molecule has 2 heterocycles. The number of hydrogen-bond acceptors (Lipinski definition) is 5.